The van der Waals surface area contributed by atoms with Gasteiger partial charge in [-0.15, -0.1) is 0 Å². The van der Waals surface area contributed by atoms with Crippen molar-refractivity contribution in [3.63, 3.8) is 0 Å². The quantitative estimate of drug-likeness (QED) is 0.703. The van der Waals surface area contributed by atoms with Crippen LogP contribution in [0.15, 0.2) is 26.7 Å². The fourth-order valence-electron chi connectivity index (χ4n) is 3.60. The number of hydrogen-bond acceptors (Lipinski definition) is 5. The van der Waals surface area contributed by atoms with E-state index in [2.05, 4.69) is 9.71 Å². The van der Waals surface area contributed by atoms with Crippen LogP contribution in [-0.4, -0.2) is 22.5 Å². The minimum Gasteiger partial charge on any atom is -0.280 e. The van der Waals surface area contributed by atoms with Gasteiger partial charge in [-0.3, -0.25) is 18.7 Å². The van der Waals surface area contributed by atoms with Gasteiger partial charge < -0.3 is 0 Å². The molecule has 0 aliphatic carbocycles. The first kappa shape index (κ1) is 20.8. The van der Waals surface area contributed by atoms with Gasteiger partial charge in [0.2, 0.25) is 0 Å². The van der Waals surface area contributed by atoms with E-state index in [4.69, 9.17) is 0 Å². The highest BCUT2D eigenvalue weighted by atomic mass is 32.2. The van der Waals surface area contributed by atoms with E-state index in [1.807, 2.05) is 20.8 Å². The largest absolute Gasteiger partial charge is 0.332 e. The van der Waals surface area contributed by atoms with Crippen LogP contribution in [0.5, 0.6) is 0 Å². The van der Waals surface area contributed by atoms with Gasteiger partial charge >= 0.3 is 5.69 Å². The predicted octanol–water partition coefficient (Wildman–Crippen LogP) is 1.98. The molecule has 154 valence electrons. The fraction of sp³-hybridized carbons (Fsp3) is 0.350. The number of sulfonamides is 1. The lowest BCUT2D eigenvalue weighted by atomic mass is 9.95. The number of benzene rings is 1. The summed E-state index contributed by atoms with van der Waals surface area (Å²) in [6.45, 7) is 9.35. The smallest absolute Gasteiger partial charge is 0.280 e. The Hall–Kier alpha value is -2.94. The maximum atomic E-state index is 13.2. The lowest BCUT2D eigenvalue weighted by Crippen LogP contribution is -2.37. The van der Waals surface area contributed by atoms with Crippen molar-refractivity contribution in [1.82, 2.24) is 14.1 Å². The summed E-state index contributed by atoms with van der Waals surface area (Å²) in [7, 11) is -1.04. The second-order valence-electron chi connectivity index (χ2n) is 7.36. The van der Waals surface area contributed by atoms with Gasteiger partial charge in [-0.1, -0.05) is 0 Å². The second-order valence-corrected chi connectivity index (χ2v) is 8.98. The van der Waals surface area contributed by atoms with E-state index in [0.717, 1.165) is 21.3 Å². The van der Waals surface area contributed by atoms with Gasteiger partial charge in [0.15, 0.2) is 0 Å². The normalized spacial score (nSPS) is 11.8. The van der Waals surface area contributed by atoms with Crippen molar-refractivity contribution in [3.05, 3.63) is 60.9 Å². The van der Waals surface area contributed by atoms with Crippen LogP contribution >= 0.6 is 0 Å². The Morgan fingerprint density at radius 3 is 1.93 bits per heavy atom. The zero-order chi connectivity index (χ0) is 21.8. The van der Waals surface area contributed by atoms with Crippen molar-refractivity contribution in [1.29, 1.82) is 0 Å². The summed E-state index contributed by atoms with van der Waals surface area (Å²) in [5.41, 5.74) is 3.60. The number of fused-ring (bicyclic) bond motifs is 1. The SMILES string of the molecule is Cc1c(C)c(C)c(S(=O)(=O)Nc2cnc3c(c2)c(=O)n(C)c(=O)n3C)c(C)c1C. The maximum absolute atomic E-state index is 13.2. The molecule has 0 fully saturated rings. The van der Waals surface area contributed by atoms with Crippen LogP contribution in [0, 0.1) is 34.6 Å². The highest BCUT2D eigenvalue weighted by molar-refractivity contribution is 7.92. The third kappa shape index (κ3) is 3.15. The van der Waals surface area contributed by atoms with Gasteiger partial charge in [0, 0.05) is 14.1 Å². The molecular weight excluding hydrogens is 392 g/mol. The fourth-order valence-corrected chi connectivity index (χ4v) is 5.23. The van der Waals surface area contributed by atoms with Gasteiger partial charge in [-0.05, 0) is 68.5 Å². The van der Waals surface area contributed by atoms with E-state index in [-0.39, 0.29) is 21.6 Å². The molecule has 8 nitrogen and oxygen atoms in total. The number of nitrogens with zero attached hydrogens (tertiary/aromatic N) is 3. The summed E-state index contributed by atoms with van der Waals surface area (Å²) in [4.78, 5) is 28.9. The van der Waals surface area contributed by atoms with E-state index in [9.17, 15) is 18.0 Å². The van der Waals surface area contributed by atoms with E-state index in [1.165, 1.54) is 30.9 Å². The van der Waals surface area contributed by atoms with E-state index in [0.29, 0.717) is 11.1 Å². The van der Waals surface area contributed by atoms with Crippen LogP contribution in [0.1, 0.15) is 27.8 Å². The van der Waals surface area contributed by atoms with Crippen molar-refractivity contribution < 1.29 is 8.42 Å². The molecule has 0 amide bonds. The van der Waals surface area contributed by atoms with E-state index < -0.39 is 21.3 Å². The van der Waals surface area contributed by atoms with Crippen molar-refractivity contribution >= 4 is 26.7 Å². The van der Waals surface area contributed by atoms with E-state index in [1.54, 1.807) is 13.8 Å². The first-order valence-electron chi connectivity index (χ1n) is 9.04. The summed E-state index contributed by atoms with van der Waals surface area (Å²) < 4.78 is 31.1. The third-order valence-electron chi connectivity index (χ3n) is 5.75. The first-order valence-corrected chi connectivity index (χ1v) is 10.5. The number of nitrogens with one attached hydrogen (secondary N) is 1. The lowest BCUT2D eigenvalue weighted by molar-refractivity contribution is 0.599. The van der Waals surface area contributed by atoms with Gasteiger partial charge in [0.1, 0.15) is 5.65 Å². The molecule has 0 unspecified atom stereocenters. The zero-order valence-corrected chi connectivity index (χ0v) is 18.4. The van der Waals surface area contributed by atoms with Crippen LogP contribution in [0.3, 0.4) is 0 Å². The topological polar surface area (TPSA) is 103 Å². The van der Waals surface area contributed by atoms with E-state index >= 15 is 0 Å². The molecule has 0 atom stereocenters. The number of hydrogen-bond donors (Lipinski definition) is 1. The molecule has 3 rings (SSSR count). The molecular formula is C20H24N4O4S. The Labute approximate surface area is 168 Å². The number of aryl methyl sites for hydroxylation is 1. The van der Waals surface area contributed by atoms with Crippen LogP contribution < -0.4 is 16.0 Å². The van der Waals surface area contributed by atoms with Gasteiger partial charge in [0.05, 0.1) is 22.2 Å². The predicted molar refractivity (Wildman–Crippen MR) is 113 cm³/mol. The number of aromatic nitrogens is 3. The molecule has 0 saturated carbocycles. The summed E-state index contributed by atoms with van der Waals surface area (Å²) in [5, 5.41) is 0.152. The minimum absolute atomic E-state index is 0.152. The number of pyridine rings is 1. The summed E-state index contributed by atoms with van der Waals surface area (Å²) in [6, 6.07) is 1.40. The molecule has 3 aromatic rings. The number of rotatable bonds is 3. The van der Waals surface area contributed by atoms with Crippen LogP contribution in [-0.2, 0) is 24.1 Å². The zero-order valence-electron chi connectivity index (χ0n) is 17.5. The molecule has 2 aromatic heterocycles. The van der Waals surface area contributed by atoms with Crippen LogP contribution in [0.2, 0.25) is 0 Å². The Kier molecular flexibility index (Phi) is 4.90. The highest BCUT2D eigenvalue weighted by Crippen LogP contribution is 2.30. The standard InChI is InChI=1S/C20H24N4O4S/c1-10-11(2)13(4)17(14(5)12(10)3)29(27,28)22-15-8-16-18(21-9-15)23(6)20(26)24(7)19(16)25/h8-9,22H,1-7H3. The first-order chi connectivity index (χ1) is 13.4. The molecule has 29 heavy (non-hydrogen) atoms. The Balaban J connectivity index is 2.20. The second kappa shape index (κ2) is 6.84. The minimum atomic E-state index is -3.91. The lowest BCUT2D eigenvalue weighted by Gasteiger charge is -2.19. The molecule has 0 aliphatic rings. The maximum Gasteiger partial charge on any atom is 0.332 e. The Bertz CT molecular complexity index is 1370. The molecule has 0 bridgehead atoms. The molecule has 0 radical (unpaired) electrons. The highest BCUT2D eigenvalue weighted by Gasteiger charge is 2.24. The van der Waals surface area contributed by atoms with Crippen LogP contribution in [0.25, 0.3) is 11.0 Å². The average molecular weight is 417 g/mol. The Morgan fingerprint density at radius 1 is 0.862 bits per heavy atom. The van der Waals surface area contributed by atoms with Gasteiger partial charge in [-0.25, -0.2) is 18.2 Å². The van der Waals surface area contributed by atoms with Crippen molar-refractivity contribution in [3.8, 4) is 0 Å². The summed E-state index contributed by atoms with van der Waals surface area (Å²) >= 11 is 0. The summed E-state index contributed by atoms with van der Waals surface area (Å²) in [5.74, 6) is 0. The van der Waals surface area contributed by atoms with Crippen molar-refractivity contribution in [2.24, 2.45) is 14.1 Å². The van der Waals surface area contributed by atoms with Gasteiger partial charge in [-0.2, -0.15) is 0 Å². The molecule has 2 heterocycles. The molecule has 0 saturated heterocycles. The Morgan fingerprint density at radius 2 is 1.38 bits per heavy atom. The van der Waals surface area contributed by atoms with Gasteiger partial charge in [0.25, 0.3) is 15.6 Å². The molecule has 0 spiro atoms. The van der Waals surface area contributed by atoms with Crippen molar-refractivity contribution in [2.45, 2.75) is 39.5 Å². The third-order valence-corrected chi connectivity index (χ3v) is 7.40. The molecule has 1 aromatic carbocycles. The average Bonchev–Trinajstić information content (AvgIpc) is 2.67. The van der Waals surface area contributed by atoms with Crippen LogP contribution in [0.4, 0.5) is 5.69 Å². The monoisotopic (exact) mass is 416 g/mol. The molecule has 0 aliphatic heterocycles. The molecule has 9 heteroatoms. The summed E-state index contributed by atoms with van der Waals surface area (Å²) in [6.07, 6.45) is 1.30. The number of anilines is 1. The molecule has 1 N–H and O–H groups in total. The van der Waals surface area contributed by atoms with Crippen molar-refractivity contribution in [2.75, 3.05) is 4.72 Å².